The number of aliphatic hydroxyl groups is 1. The van der Waals surface area contributed by atoms with Crippen molar-refractivity contribution in [1.29, 1.82) is 0 Å². The van der Waals surface area contributed by atoms with Crippen LogP contribution in [0.2, 0.25) is 0 Å². The third-order valence-corrected chi connectivity index (χ3v) is 3.73. The van der Waals surface area contributed by atoms with Gasteiger partial charge in [0.15, 0.2) is 0 Å². The summed E-state index contributed by atoms with van der Waals surface area (Å²) in [7, 11) is 0. The van der Waals surface area contributed by atoms with Crippen molar-refractivity contribution in [3.8, 4) is 0 Å². The van der Waals surface area contributed by atoms with Crippen LogP contribution in [0.15, 0.2) is 0 Å². The number of hydrogen-bond acceptors (Lipinski definition) is 2. The molecule has 2 heteroatoms. The summed E-state index contributed by atoms with van der Waals surface area (Å²) in [5, 5.41) is 9.50. The van der Waals surface area contributed by atoms with Gasteiger partial charge in [-0.1, -0.05) is 12.8 Å². The van der Waals surface area contributed by atoms with E-state index >= 15 is 0 Å². The smallest absolute Gasteiger partial charge is 0.139 e. The van der Waals surface area contributed by atoms with Crippen molar-refractivity contribution in [3.05, 3.63) is 0 Å². The predicted octanol–water partition coefficient (Wildman–Crippen LogP) is 2.05. The van der Waals surface area contributed by atoms with E-state index in [4.69, 9.17) is 0 Å². The topological polar surface area (TPSA) is 37.3 Å². The maximum absolute atomic E-state index is 11.9. The fourth-order valence-corrected chi connectivity index (χ4v) is 2.91. The predicted molar refractivity (Wildman–Crippen MR) is 50.4 cm³/mol. The zero-order valence-corrected chi connectivity index (χ0v) is 8.09. The molecule has 0 heterocycles. The van der Waals surface area contributed by atoms with Crippen LogP contribution in [0.5, 0.6) is 0 Å². The normalized spacial score (nSPS) is 41.0. The van der Waals surface area contributed by atoms with Crippen LogP contribution in [0.1, 0.15) is 51.4 Å². The van der Waals surface area contributed by atoms with Crippen LogP contribution in [0, 0.1) is 5.41 Å². The van der Waals surface area contributed by atoms with Crippen molar-refractivity contribution in [2.24, 2.45) is 5.41 Å². The van der Waals surface area contributed by atoms with Gasteiger partial charge in [-0.05, 0) is 32.1 Å². The third-order valence-electron chi connectivity index (χ3n) is 3.73. The minimum Gasteiger partial charge on any atom is -0.393 e. The molecule has 2 nitrogen and oxygen atoms in total. The molecular formula is C11H18O2. The number of carbonyl (C=O) groups excluding carboxylic acids is 1. The minimum atomic E-state index is -0.206. The molecule has 2 fully saturated rings. The van der Waals surface area contributed by atoms with Gasteiger partial charge in [0.1, 0.15) is 5.78 Å². The summed E-state index contributed by atoms with van der Waals surface area (Å²) < 4.78 is 0. The van der Waals surface area contributed by atoms with Crippen LogP contribution in [-0.4, -0.2) is 17.0 Å². The first-order valence-corrected chi connectivity index (χ1v) is 5.44. The van der Waals surface area contributed by atoms with E-state index in [1.807, 2.05) is 0 Å². The summed E-state index contributed by atoms with van der Waals surface area (Å²) in [5.74, 6) is 0.432. The standard InChI is InChI=1S/C11H18O2/c12-9-5-7-11(8-9)6-3-1-2-4-10(11)13/h9,12H,1-8H2/t9-,11-/m1/s1. The van der Waals surface area contributed by atoms with E-state index in [1.54, 1.807) is 0 Å². The van der Waals surface area contributed by atoms with Gasteiger partial charge in [-0.3, -0.25) is 4.79 Å². The van der Waals surface area contributed by atoms with Gasteiger partial charge in [-0.15, -0.1) is 0 Å². The molecule has 2 atom stereocenters. The van der Waals surface area contributed by atoms with Gasteiger partial charge in [-0.25, -0.2) is 0 Å². The van der Waals surface area contributed by atoms with Crippen molar-refractivity contribution in [1.82, 2.24) is 0 Å². The SMILES string of the molecule is O=C1CCCCC[C@]12CC[C@@H](O)C2. The highest BCUT2D eigenvalue weighted by Gasteiger charge is 2.44. The molecule has 2 aliphatic rings. The van der Waals surface area contributed by atoms with Crippen molar-refractivity contribution in [3.63, 3.8) is 0 Å². The number of Topliss-reactive ketones (excluding diaryl/α,β-unsaturated/α-hetero) is 1. The molecule has 2 aliphatic carbocycles. The van der Waals surface area contributed by atoms with Crippen molar-refractivity contribution >= 4 is 5.78 Å². The summed E-state index contributed by atoms with van der Waals surface area (Å²) in [6, 6.07) is 0. The zero-order chi connectivity index (χ0) is 9.31. The van der Waals surface area contributed by atoms with Crippen LogP contribution in [-0.2, 0) is 4.79 Å². The summed E-state index contributed by atoms with van der Waals surface area (Å²) in [6.07, 6.45) is 7.54. The first-order chi connectivity index (χ1) is 6.23. The molecule has 0 amide bonds. The fraction of sp³-hybridized carbons (Fsp3) is 0.909. The maximum Gasteiger partial charge on any atom is 0.139 e. The average Bonchev–Trinajstić information content (AvgIpc) is 2.38. The molecule has 0 radical (unpaired) electrons. The average molecular weight is 182 g/mol. The highest BCUT2D eigenvalue weighted by Crippen LogP contribution is 2.45. The second kappa shape index (κ2) is 3.41. The van der Waals surface area contributed by atoms with E-state index in [1.165, 1.54) is 12.8 Å². The summed E-state index contributed by atoms with van der Waals surface area (Å²) in [4.78, 5) is 11.9. The van der Waals surface area contributed by atoms with Crippen LogP contribution >= 0.6 is 0 Å². The lowest BCUT2D eigenvalue weighted by molar-refractivity contribution is -0.128. The minimum absolute atomic E-state index is 0.101. The lowest BCUT2D eigenvalue weighted by Gasteiger charge is -2.25. The molecule has 1 N–H and O–H groups in total. The Labute approximate surface area is 79.3 Å². The molecule has 0 aliphatic heterocycles. The molecule has 74 valence electrons. The van der Waals surface area contributed by atoms with E-state index in [9.17, 15) is 9.90 Å². The van der Waals surface area contributed by atoms with Gasteiger partial charge in [0.2, 0.25) is 0 Å². The van der Waals surface area contributed by atoms with Crippen LogP contribution < -0.4 is 0 Å². The molecule has 0 aromatic rings. The Morgan fingerprint density at radius 2 is 2.08 bits per heavy atom. The molecule has 1 spiro atoms. The Morgan fingerprint density at radius 1 is 1.23 bits per heavy atom. The number of hydrogen-bond donors (Lipinski definition) is 1. The van der Waals surface area contributed by atoms with Crippen LogP contribution in [0.3, 0.4) is 0 Å². The van der Waals surface area contributed by atoms with E-state index < -0.39 is 0 Å². The molecule has 13 heavy (non-hydrogen) atoms. The first-order valence-electron chi connectivity index (χ1n) is 5.44. The highest BCUT2D eigenvalue weighted by atomic mass is 16.3. The maximum atomic E-state index is 11.9. The van der Waals surface area contributed by atoms with Crippen LogP contribution in [0.25, 0.3) is 0 Å². The van der Waals surface area contributed by atoms with Gasteiger partial charge in [0.25, 0.3) is 0 Å². The quantitative estimate of drug-likeness (QED) is 0.622. The second-order valence-corrected chi connectivity index (χ2v) is 4.66. The molecule has 2 saturated carbocycles. The van der Waals surface area contributed by atoms with E-state index in [-0.39, 0.29) is 11.5 Å². The Morgan fingerprint density at radius 3 is 2.77 bits per heavy atom. The Kier molecular flexibility index (Phi) is 2.41. The lowest BCUT2D eigenvalue weighted by Crippen LogP contribution is -2.27. The van der Waals surface area contributed by atoms with E-state index in [0.717, 1.165) is 38.5 Å². The summed E-state index contributed by atoms with van der Waals surface area (Å²) in [5.41, 5.74) is -0.101. The molecule has 0 aromatic carbocycles. The Bertz CT molecular complexity index is 212. The van der Waals surface area contributed by atoms with Crippen molar-refractivity contribution in [2.45, 2.75) is 57.5 Å². The summed E-state index contributed by atoms with van der Waals surface area (Å²) >= 11 is 0. The van der Waals surface area contributed by atoms with Gasteiger partial charge in [0, 0.05) is 11.8 Å². The van der Waals surface area contributed by atoms with Gasteiger partial charge >= 0.3 is 0 Å². The largest absolute Gasteiger partial charge is 0.393 e. The fourth-order valence-electron chi connectivity index (χ4n) is 2.91. The van der Waals surface area contributed by atoms with Crippen molar-refractivity contribution in [2.75, 3.05) is 0 Å². The highest BCUT2D eigenvalue weighted by molar-refractivity contribution is 5.85. The molecule has 0 unspecified atom stereocenters. The number of aliphatic hydroxyl groups excluding tert-OH is 1. The van der Waals surface area contributed by atoms with Crippen molar-refractivity contribution < 1.29 is 9.90 Å². The molecule has 0 bridgehead atoms. The second-order valence-electron chi connectivity index (χ2n) is 4.66. The number of carbonyl (C=O) groups is 1. The molecule has 0 aromatic heterocycles. The molecule has 2 rings (SSSR count). The van der Waals surface area contributed by atoms with Gasteiger partial charge < -0.3 is 5.11 Å². The van der Waals surface area contributed by atoms with E-state index in [0.29, 0.717) is 5.78 Å². The van der Waals surface area contributed by atoms with Crippen LogP contribution in [0.4, 0.5) is 0 Å². The first kappa shape index (κ1) is 9.20. The Hall–Kier alpha value is -0.370. The number of ketones is 1. The summed E-state index contributed by atoms with van der Waals surface area (Å²) in [6.45, 7) is 0. The Balaban J connectivity index is 2.13. The third kappa shape index (κ3) is 1.64. The molecule has 0 saturated heterocycles. The van der Waals surface area contributed by atoms with Gasteiger partial charge in [-0.2, -0.15) is 0 Å². The number of rotatable bonds is 0. The monoisotopic (exact) mass is 182 g/mol. The lowest BCUT2D eigenvalue weighted by atomic mass is 9.78. The molecular weight excluding hydrogens is 164 g/mol. The van der Waals surface area contributed by atoms with Gasteiger partial charge in [0.05, 0.1) is 6.10 Å². The van der Waals surface area contributed by atoms with E-state index in [2.05, 4.69) is 0 Å². The zero-order valence-electron chi connectivity index (χ0n) is 8.09.